The number of hydrogen-bond donors (Lipinski definition) is 2. The summed E-state index contributed by atoms with van der Waals surface area (Å²) < 4.78 is 14.9. The molecule has 0 aliphatic carbocycles. The molecule has 0 bridgehead atoms. The third-order valence-corrected chi connectivity index (χ3v) is 4.76. The lowest BCUT2D eigenvalue weighted by molar-refractivity contribution is -0.113. The molecule has 26 heavy (non-hydrogen) atoms. The first-order chi connectivity index (χ1) is 12.5. The summed E-state index contributed by atoms with van der Waals surface area (Å²) in [5.74, 6) is 6.03. The van der Waals surface area contributed by atoms with Crippen LogP contribution in [0.15, 0.2) is 47.6 Å². The van der Waals surface area contributed by atoms with Crippen molar-refractivity contribution in [3.8, 4) is 11.4 Å². The number of rotatable bonds is 5. The Labute approximate surface area is 154 Å². The quantitative estimate of drug-likeness (QED) is 0.532. The minimum atomic E-state index is -0.361. The number of nitrogen functional groups attached to an aromatic ring is 1. The average Bonchev–Trinajstić information content (AvgIpc) is 2.98. The first kappa shape index (κ1) is 17.9. The van der Waals surface area contributed by atoms with Crippen LogP contribution in [0.25, 0.3) is 11.4 Å². The number of anilines is 1. The Morgan fingerprint density at radius 2 is 2.00 bits per heavy atom. The zero-order valence-electron chi connectivity index (χ0n) is 14.4. The van der Waals surface area contributed by atoms with Crippen LogP contribution in [0.2, 0.25) is 0 Å². The van der Waals surface area contributed by atoms with Crippen molar-refractivity contribution in [2.24, 2.45) is 0 Å². The van der Waals surface area contributed by atoms with Crippen LogP contribution in [0.3, 0.4) is 0 Å². The summed E-state index contributed by atoms with van der Waals surface area (Å²) in [6.45, 7) is 3.60. The maximum absolute atomic E-state index is 13.5. The molecule has 134 valence electrons. The molecular weight excluding hydrogens is 353 g/mol. The maximum Gasteiger partial charge on any atom is 0.234 e. The standard InChI is InChI=1S/C18H18FN5OS/c1-11-5-3-6-13(9-11)17-22-23-18(24(17)20)26-10-16(25)21-15-8-4-7-14(19)12(15)2/h3-9H,10,20H2,1-2H3,(H,21,25). The van der Waals surface area contributed by atoms with Gasteiger partial charge in [-0.25, -0.2) is 9.07 Å². The molecule has 2 aromatic carbocycles. The predicted octanol–water partition coefficient (Wildman–Crippen LogP) is 3.15. The number of nitrogens with two attached hydrogens (primary N) is 1. The van der Waals surface area contributed by atoms with Gasteiger partial charge in [-0.05, 0) is 32.0 Å². The second-order valence-electron chi connectivity index (χ2n) is 5.79. The molecule has 1 aromatic heterocycles. The number of benzene rings is 2. The number of carbonyl (C=O) groups is 1. The van der Waals surface area contributed by atoms with Crippen LogP contribution >= 0.6 is 11.8 Å². The molecule has 0 aliphatic rings. The highest BCUT2D eigenvalue weighted by Crippen LogP contribution is 2.23. The lowest BCUT2D eigenvalue weighted by Gasteiger charge is -2.08. The van der Waals surface area contributed by atoms with Gasteiger partial charge in [0, 0.05) is 16.8 Å². The van der Waals surface area contributed by atoms with Crippen molar-refractivity contribution < 1.29 is 9.18 Å². The molecule has 3 aromatic rings. The average molecular weight is 371 g/mol. The Hall–Kier alpha value is -2.87. The number of halogens is 1. The van der Waals surface area contributed by atoms with E-state index in [0.717, 1.165) is 22.9 Å². The van der Waals surface area contributed by atoms with Crippen LogP contribution in [0, 0.1) is 19.7 Å². The summed E-state index contributed by atoms with van der Waals surface area (Å²) in [6, 6.07) is 12.3. The van der Waals surface area contributed by atoms with E-state index in [1.165, 1.54) is 10.7 Å². The summed E-state index contributed by atoms with van der Waals surface area (Å²) in [7, 11) is 0. The molecule has 0 atom stereocenters. The van der Waals surface area contributed by atoms with Gasteiger partial charge in [0.25, 0.3) is 0 Å². The van der Waals surface area contributed by atoms with Crippen LogP contribution in [0.1, 0.15) is 11.1 Å². The Morgan fingerprint density at radius 3 is 2.77 bits per heavy atom. The van der Waals surface area contributed by atoms with Gasteiger partial charge < -0.3 is 11.2 Å². The topological polar surface area (TPSA) is 85.8 Å². The smallest absolute Gasteiger partial charge is 0.234 e. The Bertz CT molecular complexity index is 957. The number of aryl methyl sites for hydroxylation is 1. The minimum Gasteiger partial charge on any atom is -0.335 e. The molecule has 6 nitrogen and oxygen atoms in total. The molecule has 8 heteroatoms. The van der Waals surface area contributed by atoms with E-state index in [2.05, 4.69) is 15.5 Å². The fourth-order valence-corrected chi connectivity index (χ4v) is 3.07. The second kappa shape index (κ2) is 7.57. The Kier molecular flexibility index (Phi) is 5.22. The first-order valence-electron chi connectivity index (χ1n) is 7.91. The third kappa shape index (κ3) is 3.85. The van der Waals surface area contributed by atoms with Gasteiger partial charge in [-0.1, -0.05) is 41.6 Å². The van der Waals surface area contributed by atoms with Gasteiger partial charge in [-0.2, -0.15) is 0 Å². The van der Waals surface area contributed by atoms with Gasteiger partial charge in [0.05, 0.1) is 5.75 Å². The van der Waals surface area contributed by atoms with Gasteiger partial charge >= 0.3 is 0 Å². The summed E-state index contributed by atoms with van der Waals surface area (Å²) in [5.41, 5.74) is 2.79. The van der Waals surface area contributed by atoms with Crippen LogP contribution in [0.4, 0.5) is 10.1 Å². The van der Waals surface area contributed by atoms with E-state index in [1.54, 1.807) is 19.1 Å². The van der Waals surface area contributed by atoms with E-state index in [9.17, 15) is 9.18 Å². The zero-order valence-corrected chi connectivity index (χ0v) is 15.2. The van der Waals surface area contributed by atoms with Crippen LogP contribution in [-0.4, -0.2) is 26.5 Å². The van der Waals surface area contributed by atoms with E-state index >= 15 is 0 Å². The SMILES string of the molecule is Cc1cccc(-c2nnc(SCC(=O)Nc3cccc(F)c3C)n2N)c1. The van der Waals surface area contributed by atoms with Gasteiger partial charge in [0.2, 0.25) is 11.1 Å². The van der Waals surface area contributed by atoms with Crippen LogP contribution in [-0.2, 0) is 4.79 Å². The van der Waals surface area contributed by atoms with Crippen molar-refractivity contribution in [1.29, 1.82) is 0 Å². The number of aromatic nitrogens is 3. The van der Waals surface area contributed by atoms with Crippen LogP contribution in [0.5, 0.6) is 0 Å². The molecule has 0 radical (unpaired) electrons. The van der Waals surface area contributed by atoms with E-state index in [1.807, 2.05) is 31.2 Å². The van der Waals surface area contributed by atoms with E-state index < -0.39 is 0 Å². The Balaban J connectivity index is 1.67. The highest BCUT2D eigenvalue weighted by molar-refractivity contribution is 7.99. The zero-order chi connectivity index (χ0) is 18.7. The van der Waals surface area contributed by atoms with Crippen molar-refractivity contribution in [3.63, 3.8) is 0 Å². The molecule has 3 rings (SSSR count). The minimum absolute atomic E-state index is 0.0824. The van der Waals surface area contributed by atoms with Crippen molar-refractivity contribution in [1.82, 2.24) is 14.9 Å². The molecule has 1 heterocycles. The normalized spacial score (nSPS) is 10.7. The van der Waals surface area contributed by atoms with Gasteiger partial charge in [-0.3, -0.25) is 4.79 Å². The van der Waals surface area contributed by atoms with E-state index in [0.29, 0.717) is 22.2 Å². The van der Waals surface area contributed by atoms with E-state index in [4.69, 9.17) is 5.84 Å². The molecular formula is C18H18FN5OS. The van der Waals surface area contributed by atoms with Crippen molar-refractivity contribution >= 4 is 23.4 Å². The first-order valence-corrected chi connectivity index (χ1v) is 8.89. The number of carbonyl (C=O) groups excluding carboxylic acids is 1. The van der Waals surface area contributed by atoms with E-state index in [-0.39, 0.29) is 17.5 Å². The number of amides is 1. The summed E-state index contributed by atoms with van der Waals surface area (Å²) >= 11 is 1.16. The molecule has 3 N–H and O–H groups in total. The molecule has 0 spiro atoms. The highest BCUT2D eigenvalue weighted by atomic mass is 32.2. The fourth-order valence-electron chi connectivity index (χ4n) is 2.42. The summed E-state index contributed by atoms with van der Waals surface area (Å²) in [4.78, 5) is 12.1. The number of thioether (sulfide) groups is 1. The molecule has 0 saturated heterocycles. The van der Waals surface area contributed by atoms with Gasteiger partial charge in [0.1, 0.15) is 5.82 Å². The molecule has 0 unspecified atom stereocenters. The lowest BCUT2D eigenvalue weighted by atomic mass is 10.1. The number of nitrogens with zero attached hydrogens (tertiary/aromatic N) is 3. The van der Waals surface area contributed by atoms with Crippen molar-refractivity contribution in [2.75, 3.05) is 16.9 Å². The molecule has 1 amide bonds. The van der Waals surface area contributed by atoms with Gasteiger partial charge in [-0.15, -0.1) is 10.2 Å². The molecule has 0 aliphatic heterocycles. The molecule has 0 fully saturated rings. The largest absolute Gasteiger partial charge is 0.335 e. The van der Waals surface area contributed by atoms with Crippen molar-refractivity contribution in [2.45, 2.75) is 19.0 Å². The van der Waals surface area contributed by atoms with Gasteiger partial charge in [0.15, 0.2) is 5.82 Å². The number of nitrogens with one attached hydrogen (secondary N) is 1. The monoisotopic (exact) mass is 371 g/mol. The van der Waals surface area contributed by atoms with Crippen molar-refractivity contribution in [3.05, 3.63) is 59.4 Å². The summed E-state index contributed by atoms with van der Waals surface area (Å²) in [6.07, 6.45) is 0. The third-order valence-electron chi connectivity index (χ3n) is 3.81. The highest BCUT2D eigenvalue weighted by Gasteiger charge is 2.14. The Morgan fingerprint density at radius 1 is 1.23 bits per heavy atom. The fraction of sp³-hybridized carbons (Fsp3) is 0.167. The predicted molar refractivity (Wildman–Crippen MR) is 101 cm³/mol. The molecule has 0 saturated carbocycles. The van der Waals surface area contributed by atoms with Crippen LogP contribution < -0.4 is 11.2 Å². The number of hydrogen-bond acceptors (Lipinski definition) is 5. The maximum atomic E-state index is 13.5. The second-order valence-corrected chi connectivity index (χ2v) is 6.74. The lowest BCUT2D eigenvalue weighted by Crippen LogP contribution is -2.17. The summed E-state index contributed by atoms with van der Waals surface area (Å²) in [5, 5.41) is 11.3.